The van der Waals surface area contributed by atoms with Gasteiger partial charge in [-0.05, 0) is 24.3 Å². The van der Waals surface area contributed by atoms with Gasteiger partial charge in [-0.15, -0.1) is 16.8 Å². The number of allylic oxidation sites excluding steroid dienone is 1. The topological polar surface area (TPSA) is 73.5 Å². The first-order chi connectivity index (χ1) is 15.0. The first kappa shape index (κ1) is 23.8. The number of nitrogens with zero attached hydrogens (tertiary/aromatic N) is 3. The molecule has 3 rings (SSSR count). The number of thioether (sulfide) groups is 1. The molecule has 1 aliphatic heterocycles. The molecule has 1 aromatic carbocycles. The number of nitrogens with one attached hydrogen (secondary N) is 2. The van der Waals surface area contributed by atoms with E-state index in [1.807, 2.05) is 28.8 Å². The summed E-state index contributed by atoms with van der Waals surface area (Å²) in [6, 6.07) is 7.45. The zero-order chi connectivity index (χ0) is 22.2. The van der Waals surface area contributed by atoms with Crippen molar-refractivity contribution in [1.29, 1.82) is 0 Å². The van der Waals surface area contributed by atoms with Crippen molar-refractivity contribution in [1.82, 2.24) is 20.1 Å². The second-order valence-electron chi connectivity index (χ2n) is 8.10. The Bertz CT molecular complexity index is 871. The van der Waals surface area contributed by atoms with E-state index in [1.165, 1.54) is 11.8 Å². The molecule has 0 radical (unpaired) electrons. The minimum absolute atomic E-state index is 0.0363. The summed E-state index contributed by atoms with van der Waals surface area (Å²) in [5.41, 5.74) is 0.915. The first-order valence-electron chi connectivity index (χ1n) is 10.6. The van der Waals surface area contributed by atoms with Gasteiger partial charge < -0.3 is 15.0 Å². The van der Waals surface area contributed by atoms with Gasteiger partial charge in [0.2, 0.25) is 5.91 Å². The second-order valence-corrected chi connectivity index (χ2v) is 9.48. The molecule has 2 aromatic rings. The van der Waals surface area contributed by atoms with Gasteiger partial charge in [-0.3, -0.25) is 9.36 Å². The lowest BCUT2D eigenvalue weighted by Crippen LogP contribution is -3.15. The zero-order valence-corrected chi connectivity index (χ0v) is 19.7. The summed E-state index contributed by atoms with van der Waals surface area (Å²) in [5.74, 6) is 1.62. The number of hydrogen-bond acceptors (Lipinski definition) is 5. The van der Waals surface area contributed by atoms with E-state index in [2.05, 4.69) is 35.9 Å². The third-order valence-electron chi connectivity index (χ3n) is 5.01. The molecule has 2 N–H and O–H groups in total. The standard InChI is InChI=1S/C22H30ClN5O2S/c1-4-9-28-21(17-5-7-18(23)8-6-17)25-26-22(28)31-15-20(29)24-12-19-14-27(10-11-30-19)13-16(2)3/h4-8,16,19H,1,9-15H2,2-3H3,(H,24,29)/p+1. The van der Waals surface area contributed by atoms with Crippen LogP contribution in [0.25, 0.3) is 11.4 Å². The molecule has 0 spiro atoms. The molecule has 1 saturated heterocycles. The molecule has 2 heterocycles. The summed E-state index contributed by atoms with van der Waals surface area (Å²) in [4.78, 5) is 14.0. The lowest BCUT2D eigenvalue weighted by molar-refractivity contribution is -0.914. The molecule has 0 bridgehead atoms. The van der Waals surface area contributed by atoms with Crippen molar-refractivity contribution in [2.75, 3.05) is 38.5 Å². The maximum Gasteiger partial charge on any atom is 0.230 e. The maximum atomic E-state index is 12.4. The van der Waals surface area contributed by atoms with E-state index in [4.69, 9.17) is 16.3 Å². The van der Waals surface area contributed by atoms with Gasteiger partial charge in [-0.2, -0.15) is 0 Å². The lowest BCUT2D eigenvalue weighted by Gasteiger charge is -2.31. The monoisotopic (exact) mass is 464 g/mol. The molecule has 168 valence electrons. The van der Waals surface area contributed by atoms with Crippen molar-refractivity contribution in [3.05, 3.63) is 41.9 Å². The van der Waals surface area contributed by atoms with Crippen LogP contribution in [0, 0.1) is 5.92 Å². The van der Waals surface area contributed by atoms with Crippen molar-refractivity contribution in [3.63, 3.8) is 0 Å². The van der Waals surface area contributed by atoms with Crippen LogP contribution in [0.3, 0.4) is 0 Å². The molecule has 1 fully saturated rings. The van der Waals surface area contributed by atoms with E-state index in [-0.39, 0.29) is 17.8 Å². The third kappa shape index (κ3) is 7.07. The van der Waals surface area contributed by atoms with Crippen molar-refractivity contribution in [3.8, 4) is 11.4 Å². The largest absolute Gasteiger partial charge is 0.365 e. The number of benzene rings is 1. The summed E-state index contributed by atoms with van der Waals surface area (Å²) in [5, 5.41) is 12.9. The van der Waals surface area contributed by atoms with Crippen molar-refractivity contribution in [2.24, 2.45) is 5.92 Å². The van der Waals surface area contributed by atoms with Gasteiger partial charge in [0.1, 0.15) is 19.2 Å². The number of aromatic nitrogens is 3. The van der Waals surface area contributed by atoms with Crippen LogP contribution in [0.4, 0.5) is 0 Å². The minimum atomic E-state index is -0.0363. The summed E-state index contributed by atoms with van der Waals surface area (Å²) >= 11 is 7.35. The fourth-order valence-electron chi connectivity index (χ4n) is 3.66. The predicted octanol–water partition coefficient (Wildman–Crippen LogP) is 1.93. The second kappa shape index (κ2) is 11.7. The molecule has 7 nitrogen and oxygen atoms in total. The fourth-order valence-corrected chi connectivity index (χ4v) is 4.56. The molecule has 2 unspecified atom stereocenters. The zero-order valence-electron chi connectivity index (χ0n) is 18.1. The number of halogens is 1. The number of rotatable bonds is 10. The highest BCUT2D eigenvalue weighted by Gasteiger charge is 2.24. The number of quaternary nitrogens is 1. The molecule has 1 aromatic heterocycles. The normalized spacial score (nSPS) is 18.8. The van der Waals surface area contributed by atoms with Crippen molar-refractivity contribution < 1.29 is 14.4 Å². The Morgan fingerprint density at radius 1 is 1.42 bits per heavy atom. The van der Waals surface area contributed by atoms with Gasteiger partial charge in [0.25, 0.3) is 0 Å². The molecule has 0 aliphatic carbocycles. The molecule has 2 atom stereocenters. The summed E-state index contributed by atoms with van der Waals surface area (Å²) in [6.45, 7) is 13.2. The Kier molecular flexibility index (Phi) is 8.95. The average Bonchev–Trinajstić information content (AvgIpc) is 3.14. The van der Waals surface area contributed by atoms with Gasteiger partial charge in [-0.25, -0.2) is 0 Å². The van der Waals surface area contributed by atoms with Crippen LogP contribution < -0.4 is 10.2 Å². The minimum Gasteiger partial charge on any atom is -0.365 e. The Labute approximate surface area is 193 Å². The third-order valence-corrected chi connectivity index (χ3v) is 6.23. The molecule has 31 heavy (non-hydrogen) atoms. The maximum absolute atomic E-state index is 12.4. The van der Waals surface area contributed by atoms with Gasteiger partial charge in [0.05, 0.1) is 18.9 Å². The number of morpholine rings is 1. The Morgan fingerprint density at radius 3 is 2.90 bits per heavy atom. The van der Waals surface area contributed by atoms with Crippen LogP contribution in [-0.4, -0.2) is 65.3 Å². The van der Waals surface area contributed by atoms with Crippen LogP contribution in [0.15, 0.2) is 42.1 Å². The van der Waals surface area contributed by atoms with Crippen LogP contribution >= 0.6 is 23.4 Å². The van der Waals surface area contributed by atoms with Crippen LogP contribution in [0.5, 0.6) is 0 Å². The van der Waals surface area contributed by atoms with Crippen molar-refractivity contribution >= 4 is 29.3 Å². The van der Waals surface area contributed by atoms with E-state index >= 15 is 0 Å². The van der Waals surface area contributed by atoms with Gasteiger partial charge >= 0.3 is 0 Å². The highest BCUT2D eigenvalue weighted by molar-refractivity contribution is 7.99. The average molecular weight is 465 g/mol. The summed E-state index contributed by atoms with van der Waals surface area (Å²) in [6.07, 6.45) is 1.86. The highest BCUT2D eigenvalue weighted by atomic mass is 35.5. The lowest BCUT2D eigenvalue weighted by atomic mass is 10.2. The van der Waals surface area contributed by atoms with Crippen LogP contribution in [0.2, 0.25) is 5.02 Å². The van der Waals surface area contributed by atoms with Gasteiger partial charge in [0, 0.05) is 29.6 Å². The van der Waals surface area contributed by atoms with Crippen LogP contribution in [-0.2, 0) is 16.1 Å². The number of carbonyl (C=O) groups excluding carboxylic acids is 1. The smallest absolute Gasteiger partial charge is 0.230 e. The fraction of sp³-hybridized carbons (Fsp3) is 0.500. The van der Waals surface area contributed by atoms with Crippen molar-refractivity contribution in [2.45, 2.75) is 31.7 Å². The number of amides is 1. The molecule has 0 saturated carbocycles. The molecular weight excluding hydrogens is 434 g/mol. The number of ether oxygens (including phenoxy) is 1. The number of carbonyl (C=O) groups is 1. The van der Waals surface area contributed by atoms with E-state index in [0.717, 1.165) is 37.6 Å². The highest BCUT2D eigenvalue weighted by Crippen LogP contribution is 2.25. The molecular formula is C22H31ClN5O2S+. The summed E-state index contributed by atoms with van der Waals surface area (Å²) < 4.78 is 7.78. The Morgan fingerprint density at radius 2 is 2.19 bits per heavy atom. The molecule has 1 aliphatic rings. The van der Waals surface area contributed by atoms with E-state index in [9.17, 15) is 4.79 Å². The summed E-state index contributed by atoms with van der Waals surface area (Å²) in [7, 11) is 0. The van der Waals surface area contributed by atoms with E-state index < -0.39 is 0 Å². The quantitative estimate of drug-likeness (QED) is 0.415. The van der Waals surface area contributed by atoms with Gasteiger partial charge in [0.15, 0.2) is 11.0 Å². The number of hydrogen-bond donors (Lipinski definition) is 2. The Hall–Kier alpha value is -1.87. The Balaban J connectivity index is 1.53. The molecule has 9 heteroatoms. The molecule has 1 amide bonds. The predicted molar refractivity (Wildman–Crippen MR) is 125 cm³/mol. The first-order valence-corrected chi connectivity index (χ1v) is 12.0. The van der Waals surface area contributed by atoms with Gasteiger partial charge in [-0.1, -0.05) is 43.3 Å². The van der Waals surface area contributed by atoms with Crippen LogP contribution in [0.1, 0.15) is 13.8 Å². The SMILES string of the molecule is C=CCn1c(SCC(=O)NCC2C[NH+](CC(C)C)CCO2)nnc1-c1ccc(Cl)cc1. The van der Waals surface area contributed by atoms with E-state index in [0.29, 0.717) is 29.2 Å². The van der Waals surface area contributed by atoms with E-state index in [1.54, 1.807) is 11.0 Å².